The molecule has 0 atom stereocenters. The average Bonchev–Trinajstić information content (AvgIpc) is 2.24. The lowest BCUT2D eigenvalue weighted by atomic mass is 10.2. The van der Waals surface area contributed by atoms with Crippen molar-refractivity contribution >= 4 is 15.7 Å². The molecule has 0 saturated carbocycles. The Bertz CT molecular complexity index is 446. The van der Waals surface area contributed by atoms with Crippen LogP contribution in [0.3, 0.4) is 0 Å². The second kappa shape index (κ2) is 6.58. The summed E-state index contributed by atoms with van der Waals surface area (Å²) in [4.78, 5) is 0. The number of hydrogen-bond acceptors (Lipinski definition) is 4. The molecule has 0 fully saturated rings. The SMILES string of the molecule is COCCCNS(=O)(=O)Cc1cccc(N)c1. The Kier molecular flexibility index (Phi) is 5.40. The van der Waals surface area contributed by atoms with Crippen LogP contribution in [0.15, 0.2) is 24.3 Å². The highest BCUT2D eigenvalue weighted by molar-refractivity contribution is 7.88. The number of nitrogens with one attached hydrogen (secondary N) is 1. The first-order valence-corrected chi connectivity index (χ1v) is 6.99. The van der Waals surface area contributed by atoms with E-state index in [9.17, 15) is 8.42 Å². The fourth-order valence-corrected chi connectivity index (χ4v) is 2.57. The summed E-state index contributed by atoms with van der Waals surface area (Å²) in [5, 5.41) is 0. The molecule has 5 nitrogen and oxygen atoms in total. The van der Waals surface area contributed by atoms with Crippen molar-refractivity contribution in [3.8, 4) is 0 Å². The summed E-state index contributed by atoms with van der Waals surface area (Å²) in [6.07, 6.45) is 0.659. The van der Waals surface area contributed by atoms with E-state index in [-0.39, 0.29) is 5.75 Å². The molecule has 0 spiro atoms. The number of nitrogens with two attached hydrogens (primary N) is 1. The van der Waals surface area contributed by atoms with Crippen LogP contribution < -0.4 is 10.5 Å². The number of rotatable bonds is 7. The molecule has 0 radical (unpaired) electrons. The van der Waals surface area contributed by atoms with E-state index in [1.54, 1.807) is 31.4 Å². The minimum absolute atomic E-state index is 0.0506. The van der Waals surface area contributed by atoms with Crippen molar-refractivity contribution in [1.29, 1.82) is 0 Å². The number of sulfonamides is 1. The van der Waals surface area contributed by atoms with Gasteiger partial charge >= 0.3 is 0 Å². The molecular weight excluding hydrogens is 240 g/mol. The Morgan fingerprint density at radius 2 is 2.18 bits per heavy atom. The van der Waals surface area contributed by atoms with Crippen molar-refractivity contribution in [1.82, 2.24) is 4.72 Å². The van der Waals surface area contributed by atoms with E-state index in [1.165, 1.54) is 0 Å². The first-order chi connectivity index (χ1) is 8.03. The number of anilines is 1. The maximum absolute atomic E-state index is 11.7. The smallest absolute Gasteiger partial charge is 0.215 e. The number of methoxy groups -OCH3 is 1. The van der Waals surface area contributed by atoms with Crippen molar-refractivity contribution in [3.63, 3.8) is 0 Å². The van der Waals surface area contributed by atoms with Crippen LogP contribution in [0.1, 0.15) is 12.0 Å². The van der Waals surface area contributed by atoms with Gasteiger partial charge in [0.2, 0.25) is 10.0 Å². The fraction of sp³-hybridized carbons (Fsp3) is 0.455. The highest BCUT2D eigenvalue weighted by Crippen LogP contribution is 2.09. The van der Waals surface area contributed by atoms with Gasteiger partial charge in [0.1, 0.15) is 0 Å². The summed E-state index contributed by atoms with van der Waals surface area (Å²) in [5.74, 6) is -0.0506. The second-order valence-corrected chi connectivity index (χ2v) is 5.55. The number of benzene rings is 1. The molecule has 1 aromatic carbocycles. The van der Waals surface area contributed by atoms with Crippen LogP contribution in [-0.2, 0) is 20.5 Å². The topological polar surface area (TPSA) is 81.4 Å². The van der Waals surface area contributed by atoms with E-state index in [2.05, 4.69) is 4.72 Å². The third-order valence-electron chi connectivity index (χ3n) is 2.15. The van der Waals surface area contributed by atoms with Crippen LogP contribution in [0, 0.1) is 0 Å². The zero-order valence-corrected chi connectivity index (χ0v) is 10.7. The molecule has 0 unspecified atom stereocenters. The van der Waals surface area contributed by atoms with Crippen LogP contribution in [0.5, 0.6) is 0 Å². The monoisotopic (exact) mass is 258 g/mol. The fourth-order valence-electron chi connectivity index (χ4n) is 1.40. The zero-order valence-electron chi connectivity index (χ0n) is 9.85. The summed E-state index contributed by atoms with van der Waals surface area (Å²) in [7, 11) is -1.71. The van der Waals surface area contributed by atoms with Crippen LogP contribution in [0.25, 0.3) is 0 Å². The minimum Gasteiger partial charge on any atom is -0.399 e. The van der Waals surface area contributed by atoms with Gasteiger partial charge in [-0.05, 0) is 24.1 Å². The van der Waals surface area contributed by atoms with Gasteiger partial charge < -0.3 is 10.5 Å². The van der Waals surface area contributed by atoms with E-state index < -0.39 is 10.0 Å². The summed E-state index contributed by atoms with van der Waals surface area (Å²) in [6.45, 7) is 0.930. The Balaban J connectivity index is 2.49. The normalized spacial score (nSPS) is 11.6. The van der Waals surface area contributed by atoms with Crippen LogP contribution in [-0.4, -0.2) is 28.7 Å². The Hall–Kier alpha value is -1.11. The molecule has 0 aliphatic heterocycles. The van der Waals surface area contributed by atoms with Crippen molar-refractivity contribution in [2.45, 2.75) is 12.2 Å². The molecule has 6 heteroatoms. The zero-order chi connectivity index (χ0) is 12.7. The first kappa shape index (κ1) is 14.0. The molecule has 0 aliphatic rings. The van der Waals surface area contributed by atoms with Crippen LogP contribution >= 0.6 is 0 Å². The van der Waals surface area contributed by atoms with Crippen molar-refractivity contribution in [3.05, 3.63) is 29.8 Å². The summed E-state index contributed by atoms with van der Waals surface area (Å²) >= 11 is 0. The maximum Gasteiger partial charge on any atom is 0.215 e. The molecule has 0 heterocycles. The molecular formula is C11H18N2O3S. The van der Waals surface area contributed by atoms with Crippen molar-refractivity contribution in [2.75, 3.05) is 26.0 Å². The summed E-state index contributed by atoms with van der Waals surface area (Å²) < 4.78 is 30.7. The quantitative estimate of drug-likeness (QED) is 0.558. The Labute approximate surface area is 102 Å². The highest BCUT2D eigenvalue weighted by atomic mass is 32.2. The number of hydrogen-bond donors (Lipinski definition) is 2. The van der Waals surface area contributed by atoms with Crippen LogP contribution in [0.4, 0.5) is 5.69 Å². The largest absolute Gasteiger partial charge is 0.399 e. The van der Waals surface area contributed by atoms with E-state index in [4.69, 9.17) is 10.5 Å². The highest BCUT2D eigenvalue weighted by Gasteiger charge is 2.10. The first-order valence-electron chi connectivity index (χ1n) is 5.34. The Morgan fingerprint density at radius 1 is 1.41 bits per heavy atom. The average molecular weight is 258 g/mol. The molecule has 17 heavy (non-hydrogen) atoms. The number of ether oxygens (including phenoxy) is 1. The third-order valence-corrected chi connectivity index (χ3v) is 3.51. The molecule has 96 valence electrons. The molecule has 0 aromatic heterocycles. The molecule has 1 rings (SSSR count). The lowest BCUT2D eigenvalue weighted by molar-refractivity contribution is 0.196. The van der Waals surface area contributed by atoms with Crippen molar-refractivity contribution in [2.24, 2.45) is 0 Å². The standard InChI is InChI=1S/C11H18N2O3S/c1-16-7-3-6-13-17(14,15)9-10-4-2-5-11(12)8-10/h2,4-5,8,13H,3,6-7,9,12H2,1H3. The molecule has 0 saturated heterocycles. The minimum atomic E-state index is -3.29. The van der Waals surface area contributed by atoms with E-state index in [0.29, 0.717) is 30.8 Å². The van der Waals surface area contributed by atoms with Gasteiger partial charge in [-0.2, -0.15) is 0 Å². The second-order valence-electron chi connectivity index (χ2n) is 3.74. The molecule has 3 N–H and O–H groups in total. The predicted molar refractivity (Wildman–Crippen MR) is 68.0 cm³/mol. The molecule has 0 bridgehead atoms. The number of nitrogen functional groups attached to an aromatic ring is 1. The van der Waals surface area contributed by atoms with E-state index in [0.717, 1.165) is 0 Å². The predicted octanol–water partition coefficient (Wildman–Crippen LogP) is 0.725. The van der Waals surface area contributed by atoms with E-state index in [1.807, 2.05) is 0 Å². The van der Waals surface area contributed by atoms with E-state index >= 15 is 0 Å². The summed E-state index contributed by atoms with van der Waals surface area (Å²) in [6, 6.07) is 6.87. The van der Waals surface area contributed by atoms with Gasteiger partial charge in [0.15, 0.2) is 0 Å². The van der Waals surface area contributed by atoms with Gasteiger partial charge in [-0.1, -0.05) is 12.1 Å². The Morgan fingerprint density at radius 3 is 2.82 bits per heavy atom. The molecule has 0 amide bonds. The van der Waals surface area contributed by atoms with Gasteiger partial charge in [0.25, 0.3) is 0 Å². The maximum atomic E-state index is 11.7. The van der Waals surface area contributed by atoms with Gasteiger partial charge in [0.05, 0.1) is 5.75 Å². The summed E-state index contributed by atoms with van der Waals surface area (Å²) in [5.41, 5.74) is 6.84. The lowest BCUT2D eigenvalue weighted by Crippen LogP contribution is -2.26. The third kappa shape index (κ3) is 5.67. The molecule has 1 aromatic rings. The van der Waals surface area contributed by atoms with Gasteiger partial charge in [0, 0.05) is 25.9 Å². The molecule has 0 aliphatic carbocycles. The van der Waals surface area contributed by atoms with Crippen LogP contribution in [0.2, 0.25) is 0 Å². The van der Waals surface area contributed by atoms with Gasteiger partial charge in [-0.15, -0.1) is 0 Å². The van der Waals surface area contributed by atoms with Gasteiger partial charge in [-0.3, -0.25) is 0 Å². The van der Waals surface area contributed by atoms with Crippen molar-refractivity contribution < 1.29 is 13.2 Å². The van der Waals surface area contributed by atoms with Gasteiger partial charge in [-0.25, -0.2) is 13.1 Å². The lowest BCUT2D eigenvalue weighted by Gasteiger charge is -2.07.